The molecule has 3 rings (SSSR count). The van der Waals surface area contributed by atoms with Gasteiger partial charge in [-0.1, -0.05) is 42.0 Å². The van der Waals surface area contributed by atoms with Crippen LogP contribution in [0.5, 0.6) is 0 Å². The van der Waals surface area contributed by atoms with Crippen molar-refractivity contribution in [2.45, 2.75) is 19.3 Å². The third-order valence-electron chi connectivity index (χ3n) is 3.08. The molecule has 0 aliphatic heterocycles. The number of hydrogen-bond acceptors (Lipinski definition) is 0. The molecule has 0 aromatic heterocycles. The summed E-state index contributed by atoms with van der Waals surface area (Å²) in [5.74, 6) is 0.583. The highest BCUT2D eigenvalue weighted by Gasteiger charge is 2.24. The summed E-state index contributed by atoms with van der Waals surface area (Å²) in [6.07, 6.45) is 8.06. The molecule has 0 saturated carbocycles. The van der Waals surface area contributed by atoms with E-state index >= 15 is 0 Å². The molecular weight excluding hydrogens is 156 g/mol. The molecule has 0 heterocycles. The molecule has 0 fully saturated rings. The molecule has 1 aromatic carbocycles. The second kappa shape index (κ2) is 2.35. The normalized spacial score (nSPS) is 22.8. The minimum Gasteiger partial charge on any atom is -0.0832 e. The fourth-order valence-corrected chi connectivity index (χ4v) is 2.46. The zero-order chi connectivity index (χ0) is 8.84. The predicted molar refractivity (Wildman–Crippen MR) is 55.7 cm³/mol. The summed E-state index contributed by atoms with van der Waals surface area (Å²) >= 11 is 0. The van der Waals surface area contributed by atoms with Crippen LogP contribution in [0.4, 0.5) is 0 Å². The van der Waals surface area contributed by atoms with E-state index in [0.29, 0.717) is 5.92 Å². The first-order chi connectivity index (χ1) is 6.36. The van der Waals surface area contributed by atoms with Gasteiger partial charge in [-0.3, -0.25) is 0 Å². The molecule has 2 aliphatic carbocycles. The summed E-state index contributed by atoms with van der Waals surface area (Å²) in [5.41, 5.74) is 5.99. The van der Waals surface area contributed by atoms with Crippen molar-refractivity contribution in [2.24, 2.45) is 0 Å². The van der Waals surface area contributed by atoms with Gasteiger partial charge in [-0.25, -0.2) is 0 Å². The molecule has 1 atom stereocenters. The molecule has 0 heteroatoms. The Kier molecular flexibility index (Phi) is 1.29. The Balaban J connectivity index is 2.31. The summed E-state index contributed by atoms with van der Waals surface area (Å²) in [4.78, 5) is 0. The highest BCUT2D eigenvalue weighted by atomic mass is 14.3. The van der Waals surface area contributed by atoms with Crippen molar-refractivity contribution in [3.8, 4) is 0 Å². The van der Waals surface area contributed by atoms with Gasteiger partial charge in [0.25, 0.3) is 0 Å². The zero-order valence-corrected chi connectivity index (χ0v) is 7.75. The van der Waals surface area contributed by atoms with Crippen molar-refractivity contribution in [1.29, 1.82) is 0 Å². The molecular formula is C13H12. The lowest BCUT2D eigenvalue weighted by molar-refractivity contribution is 0.956. The van der Waals surface area contributed by atoms with E-state index < -0.39 is 0 Å². The molecule has 0 saturated heterocycles. The lowest BCUT2D eigenvalue weighted by Crippen LogP contribution is -2.03. The highest BCUT2D eigenvalue weighted by molar-refractivity contribution is 5.70. The summed E-state index contributed by atoms with van der Waals surface area (Å²) in [6, 6.07) is 6.64. The highest BCUT2D eigenvalue weighted by Crippen LogP contribution is 2.41. The Bertz CT molecular complexity index is 422. The van der Waals surface area contributed by atoms with Crippen LogP contribution in [0.1, 0.15) is 29.5 Å². The maximum absolute atomic E-state index is 2.34. The fraction of sp³-hybridized carbons (Fsp3) is 0.231. The Labute approximate surface area is 78.6 Å². The Morgan fingerprint density at radius 1 is 1.31 bits per heavy atom. The predicted octanol–water partition coefficient (Wildman–Crippen LogP) is 3.30. The van der Waals surface area contributed by atoms with Crippen LogP contribution in [0.15, 0.2) is 35.9 Å². The van der Waals surface area contributed by atoms with E-state index in [1.807, 2.05) is 0 Å². The summed E-state index contributed by atoms with van der Waals surface area (Å²) in [5, 5.41) is 0. The topological polar surface area (TPSA) is 0 Å². The van der Waals surface area contributed by atoms with E-state index in [9.17, 15) is 0 Å². The van der Waals surface area contributed by atoms with Crippen molar-refractivity contribution >= 4 is 6.08 Å². The van der Waals surface area contributed by atoms with Crippen LogP contribution < -0.4 is 0 Å². The SMILES string of the molecule is CC1=Cc2cccc3c2C1C=CC3. The van der Waals surface area contributed by atoms with Crippen LogP contribution in [-0.2, 0) is 6.42 Å². The van der Waals surface area contributed by atoms with E-state index in [1.54, 1.807) is 5.56 Å². The van der Waals surface area contributed by atoms with Gasteiger partial charge in [-0.05, 0) is 30.0 Å². The van der Waals surface area contributed by atoms with Crippen molar-refractivity contribution in [3.63, 3.8) is 0 Å². The van der Waals surface area contributed by atoms with Crippen LogP contribution in [0.2, 0.25) is 0 Å². The van der Waals surface area contributed by atoms with Crippen molar-refractivity contribution in [3.05, 3.63) is 52.6 Å². The first-order valence-corrected chi connectivity index (χ1v) is 4.83. The maximum Gasteiger partial charge on any atom is 0.0237 e. The molecule has 2 aliphatic rings. The molecule has 0 nitrogen and oxygen atoms in total. The molecule has 64 valence electrons. The average molecular weight is 168 g/mol. The monoisotopic (exact) mass is 168 g/mol. The van der Waals surface area contributed by atoms with E-state index in [2.05, 4.69) is 43.4 Å². The van der Waals surface area contributed by atoms with Crippen LogP contribution >= 0.6 is 0 Å². The number of allylic oxidation sites excluding steroid dienone is 3. The van der Waals surface area contributed by atoms with Gasteiger partial charge in [-0.15, -0.1) is 0 Å². The fourth-order valence-electron chi connectivity index (χ4n) is 2.46. The van der Waals surface area contributed by atoms with Crippen LogP contribution in [0.25, 0.3) is 6.08 Å². The van der Waals surface area contributed by atoms with Crippen LogP contribution in [0.3, 0.4) is 0 Å². The summed E-state index contributed by atoms with van der Waals surface area (Å²) in [7, 11) is 0. The second-order valence-corrected chi connectivity index (χ2v) is 3.92. The summed E-state index contributed by atoms with van der Waals surface area (Å²) in [6.45, 7) is 2.23. The molecule has 1 unspecified atom stereocenters. The van der Waals surface area contributed by atoms with Gasteiger partial charge in [0, 0.05) is 5.92 Å². The maximum atomic E-state index is 2.34. The molecule has 0 bridgehead atoms. The first kappa shape index (κ1) is 7.14. The molecule has 0 amide bonds. The molecule has 13 heavy (non-hydrogen) atoms. The van der Waals surface area contributed by atoms with Gasteiger partial charge in [0.05, 0.1) is 0 Å². The van der Waals surface area contributed by atoms with Gasteiger partial charge in [0.15, 0.2) is 0 Å². The van der Waals surface area contributed by atoms with Crippen LogP contribution in [-0.4, -0.2) is 0 Å². The Morgan fingerprint density at radius 2 is 2.23 bits per heavy atom. The summed E-state index contributed by atoms with van der Waals surface area (Å²) < 4.78 is 0. The smallest absolute Gasteiger partial charge is 0.0237 e. The zero-order valence-electron chi connectivity index (χ0n) is 7.75. The van der Waals surface area contributed by atoms with Crippen molar-refractivity contribution in [2.75, 3.05) is 0 Å². The van der Waals surface area contributed by atoms with Gasteiger partial charge < -0.3 is 0 Å². The second-order valence-electron chi connectivity index (χ2n) is 3.92. The van der Waals surface area contributed by atoms with E-state index in [-0.39, 0.29) is 0 Å². The number of rotatable bonds is 0. The number of hydrogen-bond donors (Lipinski definition) is 0. The molecule has 1 aromatic rings. The van der Waals surface area contributed by atoms with Gasteiger partial charge in [-0.2, -0.15) is 0 Å². The third-order valence-corrected chi connectivity index (χ3v) is 3.08. The standard InChI is InChI=1S/C13H12/c1-9-8-11-6-2-4-10-5-3-7-12(9)13(10)11/h2-4,6-8,12H,5H2,1H3. The molecule has 0 radical (unpaired) electrons. The van der Waals surface area contributed by atoms with E-state index in [1.165, 1.54) is 16.7 Å². The Hall–Kier alpha value is -1.30. The van der Waals surface area contributed by atoms with Crippen molar-refractivity contribution in [1.82, 2.24) is 0 Å². The average Bonchev–Trinajstić information content (AvgIpc) is 2.47. The van der Waals surface area contributed by atoms with E-state index in [4.69, 9.17) is 0 Å². The first-order valence-electron chi connectivity index (χ1n) is 4.83. The van der Waals surface area contributed by atoms with Gasteiger partial charge >= 0.3 is 0 Å². The van der Waals surface area contributed by atoms with Gasteiger partial charge in [0.1, 0.15) is 0 Å². The minimum absolute atomic E-state index is 0.583. The minimum atomic E-state index is 0.583. The third kappa shape index (κ3) is 0.859. The number of benzene rings is 1. The van der Waals surface area contributed by atoms with E-state index in [0.717, 1.165) is 6.42 Å². The quantitative estimate of drug-likeness (QED) is 0.521. The lowest BCUT2D eigenvalue weighted by Gasteiger charge is -2.18. The van der Waals surface area contributed by atoms with Crippen molar-refractivity contribution < 1.29 is 0 Å². The largest absolute Gasteiger partial charge is 0.0832 e. The molecule has 0 N–H and O–H groups in total. The molecule has 0 spiro atoms. The van der Waals surface area contributed by atoms with Crippen LogP contribution in [0, 0.1) is 0 Å². The Morgan fingerprint density at radius 3 is 3.15 bits per heavy atom. The lowest BCUT2D eigenvalue weighted by atomic mass is 9.86. The van der Waals surface area contributed by atoms with Gasteiger partial charge in [0.2, 0.25) is 0 Å².